The van der Waals surface area contributed by atoms with Crippen molar-refractivity contribution >= 4 is 5.91 Å². The molecule has 2 aliphatic rings. The average molecular weight is 356 g/mol. The summed E-state index contributed by atoms with van der Waals surface area (Å²) < 4.78 is 11.5. The van der Waals surface area contributed by atoms with Crippen LogP contribution in [0.4, 0.5) is 0 Å². The molecule has 1 saturated heterocycles. The van der Waals surface area contributed by atoms with Crippen LogP contribution in [0.2, 0.25) is 0 Å². The minimum atomic E-state index is -0.0708. The van der Waals surface area contributed by atoms with Gasteiger partial charge >= 0.3 is 0 Å². The standard InChI is InChI=1S/C19H24N4O3/c1-22(2)10-14-9-15(5-7-20-14)26-16-6-8-23(11-16)19(24)18-17(13-3-4-13)21-12-25-18/h5,7,9,12-13,16H,3-4,6,8,10-11H2,1-2H3. The fourth-order valence-electron chi connectivity index (χ4n) is 3.35. The van der Waals surface area contributed by atoms with E-state index in [2.05, 4.69) is 14.9 Å². The molecule has 0 aromatic carbocycles. The molecule has 7 nitrogen and oxygen atoms in total. The Labute approximate surface area is 153 Å². The molecule has 0 spiro atoms. The molecule has 1 aliphatic heterocycles. The van der Waals surface area contributed by atoms with E-state index in [9.17, 15) is 4.79 Å². The van der Waals surface area contributed by atoms with E-state index in [1.807, 2.05) is 26.2 Å². The second-order valence-corrected chi connectivity index (χ2v) is 7.34. The second-order valence-electron chi connectivity index (χ2n) is 7.34. The molecule has 1 amide bonds. The third kappa shape index (κ3) is 3.72. The van der Waals surface area contributed by atoms with Crippen LogP contribution < -0.4 is 4.74 Å². The van der Waals surface area contributed by atoms with Gasteiger partial charge in [-0.2, -0.15) is 0 Å². The number of nitrogens with zero attached hydrogens (tertiary/aromatic N) is 4. The van der Waals surface area contributed by atoms with Crippen LogP contribution in [0, 0.1) is 0 Å². The number of carbonyl (C=O) groups is 1. The Morgan fingerprint density at radius 1 is 1.35 bits per heavy atom. The van der Waals surface area contributed by atoms with E-state index in [4.69, 9.17) is 9.15 Å². The number of pyridine rings is 1. The fraction of sp³-hybridized carbons (Fsp3) is 0.526. The molecule has 1 aliphatic carbocycles. The van der Waals surface area contributed by atoms with E-state index < -0.39 is 0 Å². The lowest BCUT2D eigenvalue weighted by atomic mass is 10.2. The summed E-state index contributed by atoms with van der Waals surface area (Å²) in [5.74, 6) is 1.53. The van der Waals surface area contributed by atoms with Crippen molar-refractivity contribution in [3.63, 3.8) is 0 Å². The van der Waals surface area contributed by atoms with E-state index in [0.717, 1.165) is 42.9 Å². The summed E-state index contributed by atoms with van der Waals surface area (Å²) in [7, 11) is 4.02. The Kier molecular flexibility index (Phi) is 4.63. The van der Waals surface area contributed by atoms with Gasteiger partial charge in [0.1, 0.15) is 11.9 Å². The first-order valence-electron chi connectivity index (χ1n) is 9.09. The first-order valence-corrected chi connectivity index (χ1v) is 9.09. The zero-order chi connectivity index (χ0) is 18.1. The van der Waals surface area contributed by atoms with Gasteiger partial charge in [-0.3, -0.25) is 9.78 Å². The van der Waals surface area contributed by atoms with E-state index in [-0.39, 0.29) is 12.0 Å². The van der Waals surface area contributed by atoms with Crippen LogP contribution in [-0.2, 0) is 6.54 Å². The molecule has 2 fully saturated rings. The summed E-state index contributed by atoms with van der Waals surface area (Å²) in [5, 5.41) is 0. The van der Waals surface area contributed by atoms with Crippen molar-refractivity contribution in [1.29, 1.82) is 0 Å². The van der Waals surface area contributed by atoms with Crippen LogP contribution in [0.1, 0.15) is 47.1 Å². The number of ether oxygens (including phenoxy) is 1. The molecule has 0 radical (unpaired) electrons. The molecule has 1 saturated carbocycles. The minimum Gasteiger partial charge on any atom is -0.488 e. The first kappa shape index (κ1) is 17.0. The van der Waals surface area contributed by atoms with Crippen molar-refractivity contribution in [2.45, 2.75) is 37.8 Å². The molecule has 3 heterocycles. The molecule has 2 aromatic heterocycles. The second kappa shape index (κ2) is 7.07. The Hall–Kier alpha value is -2.41. The Morgan fingerprint density at radius 3 is 2.96 bits per heavy atom. The van der Waals surface area contributed by atoms with Crippen molar-refractivity contribution in [3.8, 4) is 5.75 Å². The molecule has 0 bridgehead atoms. The largest absolute Gasteiger partial charge is 0.488 e. The van der Waals surface area contributed by atoms with Crippen molar-refractivity contribution < 1.29 is 13.9 Å². The normalized spacial score (nSPS) is 20.0. The van der Waals surface area contributed by atoms with Crippen LogP contribution in [0.3, 0.4) is 0 Å². The van der Waals surface area contributed by atoms with Crippen molar-refractivity contribution in [2.75, 3.05) is 27.2 Å². The Balaban J connectivity index is 1.38. The average Bonchev–Trinajstić information content (AvgIpc) is 3.15. The third-order valence-corrected chi connectivity index (χ3v) is 4.75. The zero-order valence-electron chi connectivity index (χ0n) is 15.2. The van der Waals surface area contributed by atoms with Gasteiger partial charge in [0.05, 0.1) is 17.9 Å². The van der Waals surface area contributed by atoms with Gasteiger partial charge in [0.25, 0.3) is 5.91 Å². The van der Waals surface area contributed by atoms with Gasteiger partial charge in [0.2, 0.25) is 5.76 Å². The predicted octanol–water partition coefficient (Wildman–Crippen LogP) is 2.30. The summed E-state index contributed by atoms with van der Waals surface area (Å²) in [5.41, 5.74) is 1.79. The van der Waals surface area contributed by atoms with Crippen LogP contribution in [0.5, 0.6) is 5.75 Å². The number of hydrogen-bond donors (Lipinski definition) is 0. The van der Waals surface area contributed by atoms with E-state index >= 15 is 0 Å². The number of likely N-dealkylation sites (tertiary alicyclic amines) is 1. The maximum atomic E-state index is 12.8. The molecular weight excluding hydrogens is 332 g/mol. The van der Waals surface area contributed by atoms with Crippen molar-refractivity contribution in [3.05, 3.63) is 41.9 Å². The predicted molar refractivity (Wildman–Crippen MR) is 95.0 cm³/mol. The van der Waals surface area contributed by atoms with Gasteiger partial charge < -0.3 is 19.0 Å². The molecule has 4 rings (SSSR count). The van der Waals surface area contributed by atoms with Crippen molar-refractivity contribution in [2.24, 2.45) is 0 Å². The molecule has 1 unspecified atom stereocenters. The molecular formula is C19H24N4O3. The fourth-order valence-corrected chi connectivity index (χ4v) is 3.35. The lowest BCUT2D eigenvalue weighted by Gasteiger charge is -2.17. The third-order valence-electron chi connectivity index (χ3n) is 4.75. The number of rotatable bonds is 6. The Morgan fingerprint density at radius 2 is 2.19 bits per heavy atom. The SMILES string of the molecule is CN(C)Cc1cc(OC2CCN(C(=O)c3ocnc3C3CC3)C2)ccn1. The maximum Gasteiger partial charge on any atom is 0.291 e. The highest BCUT2D eigenvalue weighted by molar-refractivity contribution is 5.93. The van der Waals surface area contributed by atoms with Crippen LogP contribution in [-0.4, -0.2) is 59.0 Å². The summed E-state index contributed by atoms with van der Waals surface area (Å²) in [4.78, 5) is 25.2. The van der Waals surface area contributed by atoms with Crippen molar-refractivity contribution in [1.82, 2.24) is 19.8 Å². The topological polar surface area (TPSA) is 71.7 Å². The van der Waals surface area contributed by atoms with Crippen LogP contribution in [0.15, 0.2) is 29.1 Å². The number of hydrogen-bond acceptors (Lipinski definition) is 6. The highest BCUT2D eigenvalue weighted by Gasteiger charge is 2.36. The molecule has 7 heteroatoms. The molecule has 2 aromatic rings. The molecule has 26 heavy (non-hydrogen) atoms. The quantitative estimate of drug-likeness (QED) is 0.791. The van der Waals surface area contributed by atoms with E-state index in [1.165, 1.54) is 6.39 Å². The van der Waals surface area contributed by atoms with Gasteiger partial charge in [-0.25, -0.2) is 4.98 Å². The number of carbonyl (C=O) groups excluding carboxylic acids is 1. The molecule has 1 atom stereocenters. The van der Waals surface area contributed by atoms with Crippen LogP contribution >= 0.6 is 0 Å². The first-order chi connectivity index (χ1) is 12.6. The maximum absolute atomic E-state index is 12.8. The summed E-state index contributed by atoms with van der Waals surface area (Å²) in [6.07, 6.45) is 6.13. The number of oxazole rings is 1. The highest BCUT2D eigenvalue weighted by atomic mass is 16.5. The molecule has 0 N–H and O–H groups in total. The zero-order valence-corrected chi connectivity index (χ0v) is 15.2. The molecule has 138 valence electrons. The monoisotopic (exact) mass is 356 g/mol. The van der Waals surface area contributed by atoms with Crippen LogP contribution in [0.25, 0.3) is 0 Å². The summed E-state index contributed by atoms with van der Waals surface area (Å²) in [6.45, 7) is 2.00. The lowest BCUT2D eigenvalue weighted by molar-refractivity contribution is 0.0739. The van der Waals surface area contributed by atoms with E-state index in [0.29, 0.717) is 24.8 Å². The number of aromatic nitrogens is 2. The lowest BCUT2D eigenvalue weighted by Crippen LogP contribution is -2.31. The van der Waals surface area contributed by atoms with Gasteiger partial charge in [0.15, 0.2) is 6.39 Å². The number of amides is 1. The van der Waals surface area contributed by atoms with Gasteiger partial charge in [0, 0.05) is 37.7 Å². The van der Waals surface area contributed by atoms with Gasteiger partial charge in [-0.05, 0) is 33.0 Å². The summed E-state index contributed by atoms with van der Waals surface area (Å²) in [6, 6.07) is 3.83. The highest BCUT2D eigenvalue weighted by Crippen LogP contribution is 2.41. The smallest absolute Gasteiger partial charge is 0.291 e. The van der Waals surface area contributed by atoms with Gasteiger partial charge in [-0.15, -0.1) is 0 Å². The van der Waals surface area contributed by atoms with E-state index in [1.54, 1.807) is 11.1 Å². The summed E-state index contributed by atoms with van der Waals surface area (Å²) >= 11 is 0. The minimum absolute atomic E-state index is 0.0131. The van der Waals surface area contributed by atoms with Gasteiger partial charge in [-0.1, -0.05) is 0 Å². The Bertz CT molecular complexity index is 785.